The van der Waals surface area contributed by atoms with Crippen LogP contribution in [0.25, 0.3) is 0 Å². The Bertz CT molecular complexity index is 910. The fourth-order valence-electron chi connectivity index (χ4n) is 3.82. The van der Waals surface area contributed by atoms with Gasteiger partial charge in [0.15, 0.2) is 5.96 Å². The van der Waals surface area contributed by atoms with Gasteiger partial charge in [0.25, 0.3) is 0 Å². The van der Waals surface area contributed by atoms with E-state index in [1.54, 1.807) is 12.1 Å². The zero-order valence-electron chi connectivity index (χ0n) is 18.8. The first kappa shape index (κ1) is 27.1. The van der Waals surface area contributed by atoms with E-state index >= 15 is 0 Å². The average Bonchev–Trinajstić information content (AvgIpc) is 3.30. The van der Waals surface area contributed by atoms with Crippen molar-refractivity contribution in [3.63, 3.8) is 0 Å². The number of benzene rings is 1. The third-order valence-electron chi connectivity index (χ3n) is 5.56. The minimum absolute atomic E-state index is 0.105. The Labute approximate surface area is 202 Å². The van der Waals surface area contributed by atoms with Crippen LogP contribution in [0.2, 0.25) is 0 Å². The number of amides is 2. The monoisotopic (exact) mass is 494 g/mol. The van der Waals surface area contributed by atoms with Gasteiger partial charge in [0.1, 0.15) is 11.8 Å². The Hall–Kier alpha value is -3.18. The Morgan fingerprint density at radius 2 is 1.91 bits per heavy atom. The summed E-state index contributed by atoms with van der Waals surface area (Å²) < 4.78 is 0. The molecular weight excluding hydrogens is 464 g/mol. The summed E-state index contributed by atoms with van der Waals surface area (Å²) in [6.45, 7) is 0.631. The highest BCUT2D eigenvalue weighted by molar-refractivity contribution is 6.48. The van der Waals surface area contributed by atoms with Crippen molar-refractivity contribution in [3.8, 4) is 5.75 Å². The number of hydrogen-bond donors (Lipinski definition) is 6. The van der Waals surface area contributed by atoms with Crippen molar-refractivity contribution >= 4 is 40.9 Å². The number of nitrogens with two attached hydrogens (primary N) is 2. The second-order valence-electron chi connectivity index (χ2n) is 8.13. The van der Waals surface area contributed by atoms with E-state index in [9.17, 15) is 24.3 Å². The van der Waals surface area contributed by atoms with Gasteiger partial charge in [-0.25, -0.2) is 0 Å². The number of rotatable bonds is 12. The molecule has 1 aromatic carbocycles. The van der Waals surface area contributed by atoms with Gasteiger partial charge in [-0.2, -0.15) is 0 Å². The fourth-order valence-corrected chi connectivity index (χ4v) is 3.95. The molecule has 1 aromatic rings. The van der Waals surface area contributed by atoms with Crippen molar-refractivity contribution in [3.05, 3.63) is 29.8 Å². The van der Waals surface area contributed by atoms with Gasteiger partial charge in [-0.3, -0.25) is 24.6 Å². The van der Waals surface area contributed by atoms with Crippen LogP contribution in [0.4, 0.5) is 0 Å². The van der Waals surface area contributed by atoms with E-state index in [1.807, 2.05) is 0 Å². The molecule has 0 unspecified atom stereocenters. The third-order valence-corrected chi connectivity index (χ3v) is 5.80. The normalized spacial score (nSPS) is 17.0. The summed E-state index contributed by atoms with van der Waals surface area (Å²) in [5, 5.41) is 21.8. The quantitative estimate of drug-likeness (QED) is 0.0727. The third kappa shape index (κ3) is 7.70. The van der Waals surface area contributed by atoms with Crippen molar-refractivity contribution in [2.24, 2.45) is 11.5 Å². The van der Waals surface area contributed by atoms with E-state index < -0.39 is 47.4 Å². The average molecular weight is 495 g/mol. The number of carbonyl (C=O) groups is 4. The summed E-state index contributed by atoms with van der Waals surface area (Å²) in [6, 6.07) is 3.55. The number of hydrogen-bond acceptors (Lipinski definition) is 7. The predicted octanol–water partition coefficient (Wildman–Crippen LogP) is -0.622. The molecule has 3 atom stereocenters. The molecule has 0 radical (unpaired) electrons. The van der Waals surface area contributed by atoms with Gasteiger partial charge in [0.05, 0.1) is 18.0 Å². The minimum Gasteiger partial charge on any atom is -0.508 e. The summed E-state index contributed by atoms with van der Waals surface area (Å²) in [4.78, 5) is 51.7. The molecule has 1 saturated heterocycles. The molecule has 11 nitrogen and oxygen atoms in total. The Kier molecular flexibility index (Phi) is 10.3. The standard InChI is InChI=1S/C22H31ClN6O5/c23-12-18(31)19(32)16(3-1-9-27-22(25)26)28-20(33)17-4-2-10-29(17)21(34)15(24)11-13-5-7-14(30)8-6-13/h5-8,15-17,30H,1-4,9-12,24H2,(H,28,33)(H4,25,26,27)/t15-,16-,17-/m0/s1. The number of alkyl halides is 1. The molecule has 186 valence electrons. The summed E-state index contributed by atoms with van der Waals surface area (Å²) in [6.07, 6.45) is 1.72. The molecule has 0 bridgehead atoms. The zero-order valence-corrected chi connectivity index (χ0v) is 19.5. The first-order valence-electron chi connectivity index (χ1n) is 11.0. The lowest BCUT2D eigenvalue weighted by molar-refractivity contribution is -0.141. The number of ketones is 2. The lowest BCUT2D eigenvalue weighted by Crippen LogP contribution is -2.55. The molecule has 34 heavy (non-hydrogen) atoms. The van der Waals surface area contributed by atoms with Crippen LogP contribution < -0.4 is 22.1 Å². The van der Waals surface area contributed by atoms with E-state index in [-0.39, 0.29) is 31.1 Å². The molecule has 1 aliphatic heterocycles. The first-order valence-corrected chi connectivity index (χ1v) is 11.5. The molecule has 1 heterocycles. The minimum atomic E-state index is -1.10. The summed E-state index contributed by atoms with van der Waals surface area (Å²) in [5.74, 6) is -3.19. The van der Waals surface area contributed by atoms with E-state index in [1.165, 1.54) is 17.0 Å². The fraction of sp³-hybridized carbons (Fsp3) is 0.500. The predicted molar refractivity (Wildman–Crippen MR) is 126 cm³/mol. The van der Waals surface area contributed by atoms with Crippen LogP contribution in [0.15, 0.2) is 24.3 Å². The number of guanidine groups is 1. The Morgan fingerprint density at radius 1 is 1.24 bits per heavy atom. The molecule has 0 aliphatic carbocycles. The van der Waals surface area contributed by atoms with Crippen molar-refractivity contribution in [2.75, 3.05) is 19.0 Å². The smallest absolute Gasteiger partial charge is 0.243 e. The van der Waals surface area contributed by atoms with Crippen molar-refractivity contribution in [1.82, 2.24) is 15.5 Å². The molecular formula is C22H31ClN6O5. The maximum atomic E-state index is 13.0. The van der Waals surface area contributed by atoms with E-state index in [2.05, 4.69) is 10.6 Å². The molecule has 12 heteroatoms. The van der Waals surface area contributed by atoms with Crippen LogP contribution in [-0.4, -0.2) is 76.4 Å². The van der Waals surface area contributed by atoms with Crippen molar-refractivity contribution < 1.29 is 24.3 Å². The summed E-state index contributed by atoms with van der Waals surface area (Å²) >= 11 is 5.51. The van der Waals surface area contributed by atoms with Gasteiger partial charge in [-0.05, 0) is 49.8 Å². The van der Waals surface area contributed by atoms with Crippen LogP contribution in [0, 0.1) is 5.41 Å². The lowest BCUT2D eigenvalue weighted by Gasteiger charge is -2.28. The van der Waals surface area contributed by atoms with Crippen LogP contribution in [0.1, 0.15) is 31.2 Å². The maximum absolute atomic E-state index is 13.0. The van der Waals surface area contributed by atoms with Crippen LogP contribution >= 0.6 is 11.6 Å². The number of aromatic hydroxyl groups is 1. The van der Waals surface area contributed by atoms with Gasteiger partial charge in [0, 0.05) is 13.1 Å². The first-order chi connectivity index (χ1) is 16.1. The molecule has 0 saturated carbocycles. The van der Waals surface area contributed by atoms with Gasteiger partial charge >= 0.3 is 0 Å². The van der Waals surface area contributed by atoms with Crippen molar-refractivity contribution in [2.45, 2.75) is 50.2 Å². The number of Topliss-reactive ketones (excluding diaryl/α,β-unsaturated/α-hetero) is 2. The highest BCUT2D eigenvalue weighted by atomic mass is 35.5. The SMILES string of the molecule is N=C(N)NCCC[C@H](NC(=O)[C@@H]1CCCN1C(=O)[C@@H](N)Cc1ccc(O)cc1)C(=O)C(=O)CCl. The molecule has 0 spiro atoms. The zero-order chi connectivity index (χ0) is 25.3. The van der Waals surface area contributed by atoms with Gasteiger partial charge in [-0.1, -0.05) is 12.1 Å². The number of phenolic OH excluding ortho intramolecular Hbond substituents is 1. The van der Waals surface area contributed by atoms with E-state index in [4.69, 9.17) is 28.5 Å². The molecule has 1 fully saturated rings. The molecule has 0 aromatic heterocycles. The van der Waals surface area contributed by atoms with Gasteiger partial charge < -0.3 is 32.1 Å². The number of halogens is 1. The largest absolute Gasteiger partial charge is 0.508 e. The molecule has 2 amide bonds. The Morgan fingerprint density at radius 3 is 2.53 bits per heavy atom. The molecule has 8 N–H and O–H groups in total. The van der Waals surface area contributed by atoms with Gasteiger partial charge in [0.2, 0.25) is 23.4 Å². The number of likely N-dealkylation sites (tertiary alicyclic amines) is 1. The number of nitrogens with one attached hydrogen (secondary N) is 3. The number of phenols is 1. The summed E-state index contributed by atoms with van der Waals surface area (Å²) in [5.41, 5.74) is 12.1. The van der Waals surface area contributed by atoms with Gasteiger partial charge in [-0.15, -0.1) is 11.6 Å². The van der Waals surface area contributed by atoms with Crippen LogP contribution in [0.5, 0.6) is 5.75 Å². The lowest BCUT2D eigenvalue weighted by atomic mass is 10.0. The molecule has 1 aliphatic rings. The van der Waals surface area contributed by atoms with E-state index in [0.29, 0.717) is 25.8 Å². The maximum Gasteiger partial charge on any atom is 0.243 e. The number of nitrogens with zero attached hydrogens (tertiary/aromatic N) is 1. The van der Waals surface area contributed by atoms with E-state index in [0.717, 1.165) is 5.56 Å². The second-order valence-corrected chi connectivity index (χ2v) is 8.40. The highest BCUT2D eigenvalue weighted by Crippen LogP contribution is 2.20. The molecule has 2 rings (SSSR count). The summed E-state index contributed by atoms with van der Waals surface area (Å²) in [7, 11) is 0. The van der Waals surface area contributed by atoms with Crippen molar-refractivity contribution in [1.29, 1.82) is 5.41 Å². The van der Waals surface area contributed by atoms with Crippen LogP contribution in [-0.2, 0) is 25.6 Å². The highest BCUT2D eigenvalue weighted by Gasteiger charge is 2.38. The van der Waals surface area contributed by atoms with Crippen LogP contribution in [0.3, 0.4) is 0 Å². The topological polar surface area (TPSA) is 192 Å². The Balaban J connectivity index is 2.03. The number of carbonyl (C=O) groups excluding carboxylic acids is 4. The second kappa shape index (κ2) is 12.9.